The Morgan fingerprint density at radius 1 is 0.973 bits per heavy atom. The van der Waals surface area contributed by atoms with E-state index < -0.39 is 11.7 Å². The van der Waals surface area contributed by atoms with Crippen LogP contribution < -0.4 is 5.32 Å². The molecule has 2 atom stereocenters. The van der Waals surface area contributed by atoms with E-state index in [0.717, 1.165) is 44.9 Å². The Bertz CT molecular complexity index is 1160. The highest BCUT2D eigenvalue weighted by atomic mass is 19.4. The summed E-state index contributed by atoms with van der Waals surface area (Å²) in [6, 6.07) is 7.65. The van der Waals surface area contributed by atoms with Gasteiger partial charge in [-0.15, -0.1) is 0 Å². The molecule has 2 aromatic carbocycles. The number of esters is 1. The average Bonchev–Trinajstić information content (AvgIpc) is 2.87. The van der Waals surface area contributed by atoms with Crippen molar-refractivity contribution in [2.45, 2.75) is 89.0 Å². The van der Waals surface area contributed by atoms with Crippen LogP contribution >= 0.6 is 0 Å². The number of nitrogens with zero attached hydrogens (tertiary/aromatic N) is 1. The number of halogens is 3. The Labute approximate surface area is 215 Å². The van der Waals surface area contributed by atoms with Gasteiger partial charge in [0.05, 0.1) is 18.6 Å². The van der Waals surface area contributed by atoms with Gasteiger partial charge >= 0.3 is 12.1 Å². The maximum atomic E-state index is 14.3. The van der Waals surface area contributed by atoms with Gasteiger partial charge in [-0.05, 0) is 92.7 Å². The zero-order chi connectivity index (χ0) is 26.3. The van der Waals surface area contributed by atoms with Crippen LogP contribution in [0.25, 0.3) is 10.8 Å². The topological polar surface area (TPSA) is 58.6 Å². The summed E-state index contributed by atoms with van der Waals surface area (Å²) in [5.41, 5.74) is -0.174. The molecule has 1 N–H and O–H groups in total. The van der Waals surface area contributed by atoms with Crippen molar-refractivity contribution < 1.29 is 27.5 Å². The summed E-state index contributed by atoms with van der Waals surface area (Å²) in [6.07, 6.45) is 2.97. The number of hydrogen-bond donors (Lipinski definition) is 1. The number of ether oxygens (including phenoxy) is 1. The van der Waals surface area contributed by atoms with Crippen LogP contribution in [-0.4, -0.2) is 42.0 Å². The van der Waals surface area contributed by atoms with Crippen molar-refractivity contribution in [2.24, 2.45) is 11.8 Å². The van der Waals surface area contributed by atoms with E-state index in [1.54, 1.807) is 12.1 Å². The summed E-state index contributed by atoms with van der Waals surface area (Å²) in [6.45, 7) is 2.18. The normalized spacial score (nSPS) is 28.1. The standard InChI is InChI=1S/C29H35F3N2O3/c1-17-6-10-21(11-7-17)33-25-13-9-18-14-19(8-12-24(18)26(25)29(30,31)32)27(35)34-22-4-3-5-23(34)16-20(15-22)28(36)37-2/h8-9,12-14,17,20-23,33H,3-7,10-11,15-16H2,1-2H3. The maximum Gasteiger partial charge on any atom is 0.418 e. The molecule has 0 aromatic heterocycles. The molecule has 200 valence electrons. The van der Waals surface area contributed by atoms with Gasteiger partial charge in [0.2, 0.25) is 0 Å². The van der Waals surface area contributed by atoms with Gasteiger partial charge in [0.25, 0.3) is 5.91 Å². The molecular weight excluding hydrogens is 481 g/mol. The third kappa shape index (κ3) is 5.16. The van der Waals surface area contributed by atoms with Gasteiger partial charge in [-0.3, -0.25) is 9.59 Å². The highest BCUT2D eigenvalue weighted by Gasteiger charge is 2.43. The molecule has 0 radical (unpaired) electrons. The van der Waals surface area contributed by atoms with Crippen molar-refractivity contribution in [3.8, 4) is 0 Å². The number of carbonyl (C=O) groups excluding carboxylic acids is 2. The fourth-order valence-electron chi connectivity index (χ4n) is 6.73. The van der Waals surface area contributed by atoms with Crippen LogP contribution in [0.3, 0.4) is 0 Å². The number of amides is 1. The van der Waals surface area contributed by atoms with Crippen molar-refractivity contribution in [2.75, 3.05) is 12.4 Å². The predicted octanol–water partition coefficient (Wildman–Crippen LogP) is 6.80. The Kier molecular flexibility index (Phi) is 7.12. The molecule has 5 rings (SSSR count). The Hall–Kier alpha value is -2.77. The first-order valence-corrected chi connectivity index (χ1v) is 13.5. The lowest BCUT2D eigenvalue weighted by Crippen LogP contribution is -2.55. The number of alkyl halides is 3. The monoisotopic (exact) mass is 516 g/mol. The van der Waals surface area contributed by atoms with Crippen molar-refractivity contribution >= 4 is 28.3 Å². The predicted molar refractivity (Wildman–Crippen MR) is 136 cm³/mol. The molecule has 2 saturated heterocycles. The maximum absolute atomic E-state index is 14.3. The molecule has 5 nitrogen and oxygen atoms in total. The molecule has 1 amide bonds. The van der Waals surface area contributed by atoms with Gasteiger partial charge in [-0.25, -0.2) is 0 Å². The molecular formula is C29H35F3N2O3. The minimum atomic E-state index is -4.53. The number of hydrogen-bond acceptors (Lipinski definition) is 4. The van der Waals surface area contributed by atoms with E-state index in [-0.39, 0.29) is 47.0 Å². The molecule has 3 aliphatic rings. The van der Waals surface area contributed by atoms with Crippen LogP contribution in [0, 0.1) is 11.8 Å². The average molecular weight is 517 g/mol. The lowest BCUT2D eigenvalue weighted by Gasteiger charge is -2.48. The molecule has 2 bridgehead atoms. The zero-order valence-electron chi connectivity index (χ0n) is 21.4. The number of fused-ring (bicyclic) bond motifs is 3. The van der Waals surface area contributed by atoms with Crippen LogP contribution in [0.1, 0.15) is 80.6 Å². The van der Waals surface area contributed by atoms with E-state index in [1.807, 2.05) is 4.90 Å². The zero-order valence-corrected chi connectivity index (χ0v) is 21.4. The summed E-state index contributed by atoms with van der Waals surface area (Å²) in [7, 11) is 1.39. The Morgan fingerprint density at radius 3 is 2.27 bits per heavy atom. The number of anilines is 1. The van der Waals surface area contributed by atoms with Gasteiger partial charge in [0.15, 0.2) is 0 Å². The minimum absolute atomic E-state index is 0.0305. The largest absolute Gasteiger partial charge is 0.469 e. The van der Waals surface area contributed by atoms with Gasteiger partial charge in [-0.1, -0.05) is 19.1 Å². The number of piperidine rings is 2. The number of carbonyl (C=O) groups is 2. The second kappa shape index (κ2) is 10.2. The second-order valence-corrected chi connectivity index (χ2v) is 11.2. The van der Waals surface area contributed by atoms with Gasteiger partial charge in [0.1, 0.15) is 0 Å². The smallest absolute Gasteiger partial charge is 0.418 e. The van der Waals surface area contributed by atoms with Crippen LogP contribution in [0.15, 0.2) is 30.3 Å². The molecule has 2 unspecified atom stereocenters. The lowest BCUT2D eigenvalue weighted by atomic mass is 9.78. The summed E-state index contributed by atoms with van der Waals surface area (Å²) in [5.74, 6) is -0.0133. The van der Waals surface area contributed by atoms with E-state index in [1.165, 1.54) is 25.3 Å². The summed E-state index contributed by atoms with van der Waals surface area (Å²) in [5, 5.41) is 3.67. The first kappa shape index (κ1) is 25.9. The van der Waals surface area contributed by atoms with E-state index in [9.17, 15) is 22.8 Å². The van der Waals surface area contributed by atoms with Crippen molar-refractivity contribution in [3.05, 3.63) is 41.5 Å². The molecule has 1 aliphatic carbocycles. The van der Waals surface area contributed by atoms with Crippen LogP contribution in [0.4, 0.5) is 18.9 Å². The summed E-state index contributed by atoms with van der Waals surface area (Å²) >= 11 is 0. The molecule has 3 fully saturated rings. The number of nitrogens with one attached hydrogen (secondary N) is 1. The van der Waals surface area contributed by atoms with Crippen LogP contribution in [0.5, 0.6) is 0 Å². The van der Waals surface area contributed by atoms with Gasteiger partial charge in [0, 0.05) is 29.4 Å². The molecule has 0 spiro atoms. The molecule has 37 heavy (non-hydrogen) atoms. The first-order valence-electron chi connectivity index (χ1n) is 13.5. The Morgan fingerprint density at radius 2 is 1.65 bits per heavy atom. The number of benzene rings is 2. The first-order chi connectivity index (χ1) is 17.7. The third-order valence-electron chi connectivity index (χ3n) is 8.67. The van der Waals surface area contributed by atoms with Crippen molar-refractivity contribution in [3.63, 3.8) is 0 Å². The van der Waals surface area contributed by atoms with Crippen LogP contribution in [-0.2, 0) is 15.7 Å². The fraction of sp³-hybridized carbons (Fsp3) is 0.586. The molecule has 8 heteroatoms. The lowest BCUT2D eigenvalue weighted by molar-refractivity contribution is -0.149. The van der Waals surface area contributed by atoms with E-state index in [2.05, 4.69) is 12.2 Å². The van der Waals surface area contributed by atoms with Crippen molar-refractivity contribution in [1.29, 1.82) is 0 Å². The SMILES string of the molecule is COC(=O)C1CC2CCCC(C1)N2C(=O)c1ccc2c(C(F)(F)F)c(NC3CCC(C)CC3)ccc2c1. The van der Waals surface area contributed by atoms with Gasteiger partial charge in [-0.2, -0.15) is 13.2 Å². The second-order valence-electron chi connectivity index (χ2n) is 11.2. The quantitative estimate of drug-likeness (QED) is 0.455. The van der Waals surface area contributed by atoms with E-state index in [0.29, 0.717) is 29.7 Å². The van der Waals surface area contributed by atoms with Crippen molar-refractivity contribution in [1.82, 2.24) is 4.90 Å². The van der Waals surface area contributed by atoms with Crippen LogP contribution in [0.2, 0.25) is 0 Å². The van der Waals surface area contributed by atoms with E-state index in [4.69, 9.17) is 4.74 Å². The molecule has 2 heterocycles. The van der Waals surface area contributed by atoms with Gasteiger partial charge < -0.3 is 15.0 Å². The summed E-state index contributed by atoms with van der Waals surface area (Å²) < 4.78 is 47.8. The van der Waals surface area contributed by atoms with E-state index >= 15 is 0 Å². The highest BCUT2D eigenvalue weighted by Crippen LogP contribution is 2.42. The fourth-order valence-corrected chi connectivity index (χ4v) is 6.73. The molecule has 2 aliphatic heterocycles. The third-order valence-corrected chi connectivity index (χ3v) is 8.67. The Balaban J connectivity index is 1.43. The molecule has 1 saturated carbocycles. The highest BCUT2D eigenvalue weighted by molar-refractivity contribution is 6.01. The number of methoxy groups -OCH3 is 1. The summed E-state index contributed by atoms with van der Waals surface area (Å²) in [4.78, 5) is 27.6. The number of rotatable bonds is 4. The minimum Gasteiger partial charge on any atom is -0.469 e. The molecule has 2 aromatic rings.